The number of piperazine rings is 1. The molecule has 0 aliphatic carbocycles. The van der Waals surface area contributed by atoms with E-state index in [4.69, 9.17) is 32.7 Å². The number of ether oxygens (including phenoxy) is 2. The lowest BCUT2D eigenvalue weighted by molar-refractivity contribution is 0.102. The number of hydrogen-bond donors (Lipinski definition) is 3. The van der Waals surface area contributed by atoms with Gasteiger partial charge >= 0.3 is 0 Å². The van der Waals surface area contributed by atoms with Crippen molar-refractivity contribution in [3.8, 4) is 11.5 Å². The van der Waals surface area contributed by atoms with Crippen LogP contribution in [0.25, 0.3) is 10.2 Å². The van der Waals surface area contributed by atoms with Crippen molar-refractivity contribution >= 4 is 73.8 Å². The molecule has 4 aromatic rings. The molecule has 15 heteroatoms. The number of aliphatic hydroxyl groups excluding tert-OH is 1. The normalized spacial score (nSPS) is 13.9. The quantitative estimate of drug-likeness (QED) is 0.248. The second kappa shape index (κ2) is 12.6. The lowest BCUT2D eigenvalue weighted by Crippen LogP contribution is -2.47. The van der Waals surface area contributed by atoms with Crippen LogP contribution in [-0.2, 0) is 0 Å². The van der Waals surface area contributed by atoms with Gasteiger partial charge in [0, 0.05) is 50.2 Å². The Labute approximate surface area is 250 Å². The summed E-state index contributed by atoms with van der Waals surface area (Å²) in [5, 5.41) is 17.3. The number of carbonyl (C=O) groups is 1. The van der Waals surface area contributed by atoms with Crippen LogP contribution in [0.15, 0.2) is 23.8 Å². The number of β-amino-alcohol motifs (C(OH)–C–C–N with tert-alkyl or cyclic N) is 1. The van der Waals surface area contributed by atoms with Crippen LogP contribution in [0.2, 0.25) is 10.0 Å². The summed E-state index contributed by atoms with van der Waals surface area (Å²) in [6.45, 7) is 5.94. The number of carbonyl (C=O) groups excluding carboxylic acids is 1. The Morgan fingerprint density at radius 3 is 2.44 bits per heavy atom. The van der Waals surface area contributed by atoms with E-state index < -0.39 is 5.91 Å². The van der Waals surface area contributed by atoms with Gasteiger partial charge in [0.1, 0.15) is 45.3 Å². The average Bonchev–Trinajstić information content (AvgIpc) is 3.41. The van der Waals surface area contributed by atoms with E-state index in [1.807, 2.05) is 13.0 Å². The molecule has 1 saturated heterocycles. The molecule has 41 heavy (non-hydrogen) atoms. The Morgan fingerprint density at radius 2 is 1.78 bits per heavy atom. The number of hydrogen-bond acceptors (Lipinski definition) is 12. The van der Waals surface area contributed by atoms with Gasteiger partial charge in [-0.3, -0.25) is 9.69 Å². The van der Waals surface area contributed by atoms with Crippen molar-refractivity contribution in [3.63, 3.8) is 0 Å². The van der Waals surface area contributed by atoms with Gasteiger partial charge in [-0.05, 0) is 6.92 Å². The third-order valence-electron chi connectivity index (χ3n) is 6.59. The zero-order chi connectivity index (χ0) is 29.1. The monoisotopic (exact) mass is 618 g/mol. The van der Waals surface area contributed by atoms with Crippen molar-refractivity contribution in [2.45, 2.75) is 6.92 Å². The van der Waals surface area contributed by atoms with E-state index in [0.29, 0.717) is 51.3 Å². The van der Waals surface area contributed by atoms with Crippen LogP contribution in [0, 0.1) is 6.92 Å². The average molecular weight is 620 g/mol. The van der Waals surface area contributed by atoms with E-state index in [1.165, 1.54) is 31.9 Å². The highest BCUT2D eigenvalue weighted by atomic mass is 35.5. The van der Waals surface area contributed by atoms with Gasteiger partial charge in [0.15, 0.2) is 5.82 Å². The van der Waals surface area contributed by atoms with Crippen LogP contribution in [0.5, 0.6) is 11.5 Å². The van der Waals surface area contributed by atoms with Crippen LogP contribution >= 0.6 is 34.5 Å². The Balaban J connectivity index is 1.39. The number of amides is 1. The van der Waals surface area contributed by atoms with E-state index in [2.05, 4.69) is 40.4 Å². The molecule has 5 rings (SSSR count). The number of rotatable bonds is 9. The first-order valence-electron chi connectivity index (χ1n) is 12.7. The Bertz CT molecular complexity index is 1550. The van der Waals surface area contributed by atoms with Gasteiger partial charge in [-0.25, -0.2) is 19.9 Å². The van der Waals surface area contributed by atoms with Gasteiger partial charge in [-0.2, -0.15) is 0 Å². The molecule has 0 radical (unpaired) electrons. The van der Waals surface area contributed by atoms with Crippen LogP contribution in [0.1, 0.15) is 16.2 Å². The number of fused-ring (bicyclic) bond motifs is 1. The lowest BCUT2D eigenvalue weighted by Gasteiger charge is -2.35. The summed E-state index contributed by atoms with van der Waals surface area (Å²) in [6, 6.07) is 3.42. The highest BCUT2D eigenvalue weighted by Gasteiger charge is 2.23. The lowest BCUT2D eigenvalue weighted by atomic mass is 10.2. The number of aliphatic hydroxyl groups is 1. The molecule has 4 heterocycles. The fourth-order valence-electron chi connectivity index (χ4n) is 4.52. The van der Waals surface area contributed by atoms with Crippen molar-refractivity contribution in [3.05, 3.63) is 45.3 Å². The predicted molar refractivity (Wildman–Crippen MR) is 161 cm³/mol. The summed E-state index contributed by atoms with van der Waals surface area (Å²) in [5.74, 6) is 2.66. The first-order chi connectivity index (χ1) is 19.8. The third kappa shape index (κ3) is 6.09. The second-order valence-electron chi connectivity index (χ2n) is 9.12. The molecule has 1 fully saturated rings. The third-order valence-corrected chi connectivity index (χ3v) is 8.32. The molecule has 0 unspecified atom stereocenters. The minimum atomic E-state index is -0.458. The Hall–Kier alpha value is -3.49. The van der Waals surface area contributed by atoms with Gasteiger partial charge in [0.2, 0.25) is 0 Å². The van der Waals surface area contributed by atoms with E-state index in [9.17, 15) is 9.90 Å². The minimum Gasteiger partial charge on any atom is -0.495 e. The molecule has 216 valence electrons. The number of methoxy groups -OCH3 is 2. The van der Waals surface area contributed by atoms with Crippen LogP contribution in [0.3, 0.4) is 0 Å². The largest absolute Gasteiger partial charge is 0.495 e. The first-order valence-corrected chi connectivity index (χ1v) is 14.3. The summed E-state index contributed by atoms with van der Waals surface area (Å²) < 4.78 is 11.3. The van der Waals surface area contributed by atoms with Gasteiger partial charge in [0.25, 0.3) is 5.91 Å². The molecule has 0 atom stereocenters. The number of nitrogens with one attached hydrogen (secondary N) is 2. The second-order valence-corrected chi connectivity index (χ2v) is 10.8. The summed E-state index contributed by atoms with van der Waals surface area (Å²) in [7, 11) is 2.92. The molecule has 0 bridgehead atoms. The number of benzene rings is 1. The van der Waals surface area contributed by atoms with Crippen molar-refractivity contribution in [1.82, 2.24) is 24.8 Å². The Kier molecular flexibility index (Phi) is 8.90. The molecule has 0 spiro atoms. The highest BCUT2D eigenvalue weighted by molar-refractivity contribution is 7.18. The number of thiophene rings is 1. The maximum Gasteiger partial charge on any atom is 0.258 e. The van der Waals surface area contributed by atoms with Crippen molar-refractivity contribution in [1.29, 1.82) is 0 Å². The summed E-state index contributed by atoms with van der Waals surface area (Å²) >= 11 is 14.2. The number of aromatic nitrogens is 4. The van der Waals surface area contributed by atoms with Crippen LogP contribution < -0.4 is 25.0 Å². The molecule has 1 aliphatic heterocycles. The van der Waals surface area contributed by atoms with Gasteiger partial charge in [0.05, 0.1) is 42.3 Å². The number of halogens is 2. The molecule has 0 saturated carbocycles. The SMILES string of the molecule is COc1cc(OC)c(Cl)c(NC(=O)c2csc3c(Nc4cc(N5CCN(CCO)CC5)nc(C)n4)ncnc23)c1Cl. The smallest absolute Gasteiger partial charge is 0.258 e. The maximum atomic E-state index is 13.4. The summed E-state index contributed by atoms with van der Waals surface area (Å²) in [5.41, 5.74) is 0.949. The van der Waals surface area contributed by atoms with Crippen LogP contribution in [-0.4, -0.2) is 89.4 Å². The molecule has 3 aromatic heterocycles. The summed E-state index contributed by atoms with van der Waals surface area (Å²) in [4.78, 5) is 35.7. The Morgan fingerprint density at radius 1 is 1.07 bits per heavy atom. The van der Waals surface area contributed by atoms with Crippen molar-refractivity contribution in [2.24, 2.45) is 0 Å². The number of nitrogens with zero attached hydrogens (tertiary/aromatic N) is 6. The van der Waals surface area contributed by atoms with E-state index in [0.717, 1.165) is 32.0 Å². The van der Waals surface area contributed by atoms with Gasteiger partial charge in [-0.1, -0.05) is 23.2 Å². The predicted octanol–water partition coefficient (Wildman–Crippen LogP) is 4.22. The standard InChI is InChI=1S/C26H28Cl2N8O4S/c1-14-31-18(11-19(32-14)36-6-4-35(5-7-36)8-9-37)33-25-24-22(29-13-30-25)15(12-41-24)26(38)34-23-20(27)16(39-2)10-17(40-3)21(23)28/h10-13,37H,4-9H2,1-3H3,(H,34,38)(H,29,30,31,32,33). The van der Waals surface area contributed by atoms with Crippen LogP contribution in [0.4, 0.5) is 23.1 Å². The summed E-state index contributed by atoms with van der Waals surface area (Å²) in [6.07, 6.45) is 1.39. The highest BCUT2D eigenvalue weighted by Crippen LogP contribution is 2.44. The number of anilines is 4. The van der Waals surface area contributed by atoms with E-state index >= 15 is 0 Å². The molecule has 12 nitrogen and oxygen atoms in total. The van der Waals surface area contributed by atoms with E-state index in [-0.39, 0.29) is 22.3 Å². The molecule has 1 aliphatic rings. The molecule has 1 aromatic carbocycles. The van der Waals surface area contributed by atoms with Crippen molar-refractivity contribution in [2.75, 3.05) is 69.1 Å². The fraction of sp³-hybridized carbons (Fsp3) is 0.346. The molecular formula is C26H28Cl2N8O4S. The zero-order valence-corrected chi connectivity index (χ0v) is 24.9. The molecular weight excluding hydrogens is 591 g/mol. The first kappa shape index (κ1) is 29.0. The number of aryl methyl sites for hydroxylation is 1. The topological polar surface area (TPSA) is 138 Å². The maximum absolute atomic E-state index is 13.4. The zero-order valence-electron chi connectivity index (χ0n) is 22.6. The minimum absolute atomic E-state index is 0.146. The molecule has 3 N–H and O–H groups in total. The molecule has 1 amide bonds. The van der Waals surface area contributed by atoms with Gasteiger partial charge < -0.3 is 30.1 Å². The van der Waals surface area contributed by atoms with Crippen molar-refractivity contribution < 1.29 is 19.4 Å². The fourth-order valence-corrected chi connectivity index (χ4v) is 6.06. The van der Waals surface area contributed by atoms with Gasteiger partial charge in [-0.15, -0.1) is 11.3 Å². The van der Waals surface area contributed by atoms with E-state index in [1.54, 1.807) is 11.4 Å².